The molecular formula is C15H19N3O. The summed E-state index contributed by atoms with van der Waals surface area (Å²) in [4.78, 5) is 4.32. The van der Waals surface area contributed by atoms with Crippen molar-refractivity contribution >= 4 is 0 Å². The monoisotopic (exact) mass is 257 g/mol. The van der Waals surface area contributed by atoms with Gasteiger partial charge in [0, 0.05) is 6.04 Å². The van der Waals surface area contributed by atoms with Gasteiger partial charge in [-0.05, 0) is 44.0 Å². The third kappa shape index (κ3) is 2.24. The molecule has 2 heterocycles. The molecule has 4 nitrogen and oxygen atoms in total. The molecule has 1 aromatic carbocycles. The molecule has 0 amide bonds. The van der Waals surface area contributed by atoms with Crippen molar-refractivity contribution in [1.29, 1.82) is 0 Å². The lowest BCUT2D eigenvalue weighted by Gasteiger charge is -2.16. The highest BCUT2D eigenvalue weighted by atomic mass is 16.5. The van der Waals surface area contributed by atoms with E-state index in [0.717, 1.165) is 18.0 Å². The molecule has 0 saturated carbocycles. The Balaban J connectivity index is 2.07. The van der Waals surface area contributed by atoms with Crippen molar-refractivity contribution in [3.05, 3.63) is 42.0 Å². The number of aromatic nitrogens is 2. The molecule has 2 aromatic rings. The van der Waals surface area contributed by atoms with E-state index in [-0.39, 0.29) is 0 Å². The Morgan fingerprint density at radius 1 is 1.42 bits per heavy atom. The molecule has 0 bridgehead atoms. The summed E-state index contributed by atoms with van der Waals surface area (Å²) in [6, 6.07) is 6.61. The summed E-state index contributed by atoms with van der Waals surface area (Å²) >= 11 is 0. The van der Waals surface area contributed by atoms with E-state index < -0.39 is 0 Å². The third-order valence-electron chi connectivity index (χ3n) is 3.68. The van der Waals surface area contributed by atoms with Crippen molar-refractivity contribution in [2.75, 3.05) is 13.7 Å². The number of benzene rings is 1. The molecular weight excluding hydrogens is 238 g/mol. The molecule has 1 aliphatic rings. The standard InChI is InChI=1S/C15H19N3O/c1-11-5-6-15(19-2)13(8-11)18-10-16-9-14(18)12-4-3-7-17-12/h5-6,8-10,12,17H,3-4,7H2,1-2H3. The van der Waals surface area contributed by atoms with Gasteiger partial charge in [-0.2, -0.15) is 0 Å². The van der Waals surface area contributed by atoms with Crippen LogP contribution in [-0.2, 0) is 0 Å². The van der Waals surface area contributed by atoms with E-state index >= 15 is 0 Å². The maximum Gasteiger partial charge on any atom is 0.142 e. The third-order valence-corrected chi connectivity index (χ3v) is 3.68. The van der Waals surface area contributed by atoms with Crippen LogP contribution in [0.3, 0.4) is 0 Å². The first-order valence-corrected chi connectivity index (χ1v) is 6.70. The van der Waals surface area contributed by atoms with Crippen LogP contribution >= 0.6 is 0 Å². The minimum absolute atomic E-state index is 0.396. The molecule has 100 valence electrons. The fourth-order valence-corrected chi connectivity index (χ4v) is 2.69. The van der Waals surface area contributed by atoms with E-state index in [1.165, 1.54) is 24.1 Å². The summed E-state index contributed by atoms with van der Waals surface area (Å²) in [7, 11) is 1.71. The quantitative estimate of drug-likeness (QED) is 0.918. The van der Waals surface area contributed by atoms with Gasteiger partial charge in [0.1, 0.15) is 5.75 Å². The summed E-state index contributed by atoms with van der Waals surface area (Å²) in [6.45, 7) is 3.17. The van der Waals surface area contributed by atoms with E-state index in [1.54, 1.807) is 7.11 Å². The first-order valence-electron chi connectivity index (χ1n) is 6.70. The second-order valence-corrected chi connectivity index (χ2v) is 5.01. The lowest BCUT2D eigenvalue weighted by Crippen LogP contribution is -2.16. The molecule has 1 aliphatic heterocycles. The highest BCUT2D eigenvalue weighted by Gasteiger charge is 2.21. The SMILES string of the molecule is COc1ccc(C)cc1-n1cncc1C1CCCN1. The van der Waals surface area contributed by atoms with Crippen LogP contribution in [0.5, 0.6) is 5.75 Å². The van der Waals surface area contributed by atoms with E-state index in [0.29, 0.717) is 6.04 Å². The molecule has 4 heteroatoms. The van der Waals surface area contributed by atoms with Crippen LogP contribution < -0.4 is 10.1 Å². The topological polar surface area (TPSA) is 39.1 Å². The average Bonchev–Trinajstić information content (AvgIpc) is 3.09. The smallest absolute Gasteiger partial charge is 0.142 e. The number of hydrogen-bond acceptors (Lipinski definition) is 3. The van der Waals surface area contributed by atoms with E-state index in [4.69, 9.17) is 4.74 Å². The van der Waals surface area contributed by atoms with Crippen LogP contribution in [0.1, 0.15) is 30.1 Å². The van der Waals surface area contributed by atoms with Crippen molar-refractivity contribution in [2.45, 2.75) is 25.8 Å². The number of nitrogens with one attached hydrogen (secondary N) is 1. The highest BCUT2D eigenvalue weighted by molar-refractivity contribution is 5.50. The number of aryl methyl sites for hydroxylation is 1. The van der Waals surface area contributed by atoms with Crippen LogP contribution in [0, 0.1) is 6.92 Å². The molecule has 3 rings (SSSR count). The van der Waals surface area contributed by atoms with E-state index in [9.17, 15) is 0 Å². The van der Waals surface area contributed by atoms with Gasteiger partial charge in [-0.1, -0.05) is 6.07 Å². The van der Waals surface area contributed by atoms with Crippen molar-refractivity contribution in [2.24, 2.45) is 0 Å². The zero-order valence-corrected chi connectivity index (χ0v) is 11.4. The highest BCUT2D eigenvalue weighted by Crippen LogP contribution is 2.29. The number of hydrogen-bond donors (Lipinski definition) is 1. The average molecular weight is 257 g/mol. The number of imidazole rings is 1. The van der Waals surface area contributed by atoms with Gasteiger partial charge in [0.15, 0.2) is 0 Å². The van der Waals surface area contributed by atoms with Crippen molar-refractivity contribution in [1.82, 2.24) is 14.9 Å². The largest absolute Gasteiger partial charge is 0.495 e. The molecule has 19 heavy (non-hydrogen) atoms. The normalized spacial score (nSPS) is 18.7. The van der Waals surface area contributed by atoms with Crippen molar-refractivity contribution in [3.63, 3.8) is 0 Å². The van der Waals surface area contributed by atoms with Gasteiger partial charge in [-0.15, -0.1) is 0 Å². The van der Waals surface area contributed by atoms with Crippen LogP contribution in [0.15, 0.2) is 30.7 Å². The second kappa shape index (κ2) is 5.05. The van der Waals surface area contributed by atoms with E-state index in [2.05, 4.69) is 33.9 Å². The van der Waals surface area contributed by atoms with Crippen LogP contribution in [0.25, 0.3) is 5.69 Å². The molecule has 0 aliphatic carbocycles. The number of methoxy groups -OCH3 is 1. The van der Waals surface area contributed by atoms with Crippen LogP contribution in [0.2, 0.25) is 0 Å². The fourth-order valence-electron chi connectivity index (χ4n) is 2.69. The predicted molar refractivity (Wildman–Crippen MR) is 74.8 cm³/mol. The Labute approximate surface area is 113 Å². The van der Waals surface area contributed by atoms with Gasteiger partial charge < -0.3 is 10.1 Å². The lowest BCUT2D eigenvalue weighted by molar-refractivity contribution is 0.412. The summed E-state index contributed by atoms with van der Waals surface area (Å²) in [5.41, 5.74) is 3.49. The van der Waals surface area contributed by atoms with Gasteiger partial charge in [0.2, 0.25) is 0 Å². The van der Waals surface area contributed by atoms with Crippen LogP contribution in [-0.4, -0.2) is 23.2 Å². The second-order valence-electron chi connectivity index (χ2n) is 5.01. The zero-order valence-electron chi connectivity index (χ0n) is 11.4. The maximum atomic E-state index is 5.47. The molecule has 0 radical (unpaired) electrons. The molecule has 0 spiro atoms. The Morgan fingerprint density at radius 3 is 3.05 bits per heavy atom. The Kier molecular flexibility index (Phi) is 3.25. The zero-order chi connectivity index (χ0) is 13.2. The molecule has 1 atom stereocenters. The maximum absolute atomic E-state index is 5.47. The fraction of sp³-hybridized carbons (Fsp3) is 0.400. The van der Waals surface area contributed by atoms with Gasteiger partial charge in [-0.3, -0.25) is 4.57 Å². The van der Waals surface area contributed by atoms with Gasteiger partial charge in [0.05, 0.1) is 31.0 Å². The summed E-state index contributed by atoms with van der Waals surface area (Å²) in [6.07, 6.45) is 6.21. The summed E-state index contributed by atoms with van der Waals surface area (Å²) in [5, 5.41) is 3.52. The Bertz CT molecular complexity index is 571. The number of nitrogens with zero attached hydrogens (tertiary/aromatic N) is 2. The van der Waals surface area contributed by atoms with Crippen molar-refractivity contribution in [3.8, 4) is 11.4 Å². The van der Waals surface area contributed by atoms with Gasteiger partial charge in [0.25, 0.3) is 0 Å². The minimum Gasteiger partial charge on any atom is -0.495 e. The molecule has 1 N–H and O–H groups in total. The Morgan fingerprint density at radius 2 is 2.32 bits per heavy atom. The lowest BCUT2D eigenvalue weighted by atomic mass is 10.1. The number of rotatable bonds is 3. The summed E-state index contributed by atoms with van der Waals surface area (Å²) < 4.78 is 7.61. The summed E-state index contributed by atoms with van der Waals surface area (Å²) in [5.74, 6) is 0.878. The Hall–Kier alpha value is -1.81. The first-order chi connectivity index (χ1) is 9.29. The number of ether oxygens (including phenoxy) is 1. The van der Waals surface area contributed by atoms with Crippen LogP contribution in [0.4, 0.5) is 0 Å². The minimum atomic E-state index is 0.396. The first kappa shape index (κ1) is 12.2. The van der Waals surface area contributed by atoms with Gasteiger partial charge >= 0.3 is 0 Å². The van der Waals surface area contributed by atoms with Gasteiger partial charge in [-0.25, -0.2) is 4.98 Å². The predicted octanol–water partition coefficient (Wildman–Crippen LogP) is 2.61. The van der Waals surface area contributed by atoms with E-state index in [1.807, 2.05) is 18.6 Å². The molecule has 1 fully saturated rings. The molecule has 1 unspecified atom stereocenters. The molecule has 1 aromatic heterocycles. The van der Waals surface area contributed by atoms with Crippen molar-refractivity contribution < 1.29 is 4.74 Å². The molecule has 1 saturated heterocycles.